The molecule has 3 aromatic heterocycles. The third-order valence-electron chi connectivity index (χ3n) is 6.08. The summed E-state index contributed by atoms with van der Waals surface area (Å²) in [6, 6.07) is 10.3. The van der Waals surface area contributed by atoms with Gasteiger partial charge in [0, 0.05) is 43.3 Å². The van der Waals surface area contributed by atoms with Crippen LogP contribution in [0.3, 0.4) is 0 Å². The van der Waals surface area contributed by atoms with Crippen molar-refractivity contribution in [3.8, 4) is 11.1 Å². The van der Waals surface area contributed by atoms with Crippen LogP contribution >= 0.6 is 34.5 Å². The Bertz CT molecular complexity index is 1680. The van der Waals surface area contributed by atoms with E-state index in [0.717, 1.165) is 33.6 Å². The molecule has 0 spiro atoms. The number of ether oxygens (including phenoxy) is 1. The highest BCUT2D eigenvalue weighted by molar-refractivity contribution is 7.94. The summed E-state index contributed by atoms with van der Waals surface area (Å²) in [4.78, 5) is 29.5. The number of thiophene rings is 1. The number of pyridine rings is 1. The number of nitrogens with zero attached hydrogens (tertiary/aromatic N) is 5. The molecule has 4 aromatic rings. The second kappa shape index (κ2) is 11.0. The zero-order chi connectivity index (χ0) is 28.7. The molecule has 4 heterocycles. The third-order valence-corrected chi connectivity index (χ3v) is 9.47. The molecule has 1 N–H and O–H groups in total. The summed E-state index contributed by atoms with van der Waals surface area (Å²) in [5, 5.41) is 0.832. The Labute approximate surface area is 246 Å². The minimum absolute atomic E-state index is 0.0163. The number of fused-ring (bicyclic) bond motifs is 1. The second-order valence-electron chi connectivity index (χ2n) is 10.1. The first kappa shape index (κ1) is 28.3. The monoisotopic (exact) mass is 620 g/mol. The maximum Gasteiger partial charge on any atom is 0.410 e. The van der Waals surface area contributed by atoms with Crippen LogP contribution in [0.25, 0.3) is 22.0 Å². The number of hydrogen-bond acceptors (Lipinski definition) is 9. The van der Waals surface area contributed by atoms with Crippen molar-refractivity contribution in [3.05, 3.63) is 58.4 Å². The van der Waals surface area contributed by atoms with Crippen LogP contribution in [0, 0.1) is 0 Å². The van der Waals surface area contributed by atoms with Gasteiger partial charge in [0.05, 0.1) is 15.5 Å². The quantitative estimate of drug-likeness (QED) is 0.273. The minimum Gasteiger partial charge on any atom is -0.444 e. The summed E-state index contributed by atoms with van der Waals surface area (Å²) in [5.74, 6) is 0.744. The molecule has 0 unspecified atom stereocenters. The molecule has 0 bridgehead atoms. The minimum atomic E-state index is -3.89. The largest absolute Gasteiger partial charge is 0.444 e. The van der Waals surface area contributed by atoms with Gasteiger partial charge in [-0.3, -0.25) is 4.72 Å². The Morgan fingerprint density at radius 1 is 1.00 bits per heavy atom. The summed E-state index contributed by atoms with van der Waals surface area (Å²) in [5.41, 5.74) is 1.77. The van der Waals surface area contributed by atoms with Crippen LogP contribution in [0.15, 0.2) is 53.1 Å². The number of benzene rings is 1. The first-order valence-corrected chi connectivity index (χ1v) is 15.4. The predicted octanol–water partition coefficient (Wildman–Crippen LogP) is 5.92. The lowest BCUT2D eigenvalue weighted by Crippen LogP contribution is -2.50. The van der Waals surface area contributed by atoms with Crippen molar-refractivity contribution in [1.29, 1.82) is 0 Å². The third kappa shape index (κ3) is 6.25. The van der Waals surface area contributed by atoms with Gasteiger partial charge in [-0.25, -0.2) is 28.2 Å². The number of piperazine rings is 1. The van der Waals surface area contributed by atoms with Crippen LogP contribution in [0.2, 0.25) is 9.49 Å². The molecule has 5 rings (SSSR count). The van der Waals surface area contributed by atoms with Gasteiger partial charge in [-0.05, 0) is 56.7 Å². The summed E-state index contributed by atoms with van der Waals surface area (Å²) < 4.78 is 34.1. The van der Waals surface area contributed by atoms with Crippen molar-refractivity contribution in [1.82, 2.24) is 19.9 Å². The topological polar surface area (TPSA) is 118 Å². The molecule has 14 heteroatoms. The van der Waals surface area contributed by atoms with Gasteiger partial charge in [-0.15, -0.1) is 11.3 Å². The highest BCUT2D eigenvalue weighted by Crippen LogP contribution is 2.34. The first-order chi connectivity index (χ1) is 18.9. The number of nitrogens with one attached hydrogen (secondary N) is 1. The van der Waals surface area contributed by atoms with Crippen molar-refractivity contribution >= 4 is 73.1 Å². The van der Waals surface area contributed by atoms with Crippen LogP contribution in [0.1, 0.15) is 20.8 Å². The molecule has 40 heavy (non-hydrogen) atoms. The number of carbonyl (C=O) groups is 1. The fourth-order valence-electron chi connectivity index (χ4n) is 4.22. The standard InChI is InChI=1S/C26H26Cl2N6O4S2/c1-26(2,3)38-25(35)34-10-8-33(9-11-34)24-18-12-16(4-5-19(18)30-15-31-24)17-13-20(23(28)29-14-17)32-40(36,37)22-7-6-21(27)39-22/h4-7,12-15,32H,8-11H2,1-3H3. The van der Waals surface area contributed by atoms with Gasteiger partial charge < -0.3 is 14.5 Å². The summed E-state index contributed by atoms with van der Waals surface area (Å²) >= 11 is 13.1. The van der Waals surface area contributed by atoms with E-state index in [1.807, 2.05) is 39.0 Å². The van der Waals surface area contributed by atoms with Gasteiger partial charge >= 0.3 is 6.09 Å². The van der Waals surface area contributed by atoms with Crippen molar-refractivity contribution in [3.63, 3.8) is 0 Å². The van der Waals surface area contributed by atoms with Gasteiger partial charge in [0.1, 0.15) is 22.0 Å². The van der Waals surface area contributed by atoms with E-state index in [4.69, 9.17) is 27.9 Å². The normalized spacial score (nSPS) is 14.4. The fourth-order valence-corrected chi connectivity index (χ4v) is 6.96. The molecule has 1 aliphatic rings. The molecule has 1 aliphatic heterocycles. The molecule has 0 atom stereocenters. The van der Waals surface area contributed by atoms with E-state index in [1.165, 1.54) is 18.5 Å². The summed E-state index contributed by atoms with van der Waals surface area (Å²) in [7, 11) is -3.89. The number of hydrogen-bond donors (Lipinski definition) is 1. The van der Waals surface area contributed by atoms with Crippen molar-refractivity contribution in [2.75, 3.05) is 35.8 Å². The number of anilines is 2. The lowest BCUT2D eigenvalue weighted by atomic mass is 10.0. The first-order valence-electron chi connectivity index (χ1n) is 12.3. The van der Waals surface area contributed by atoms with E-state index in [1.54, 1.807) is 17.2 Å². The Balaban J connectivity index is 1.40. The van der Waals surface area contributed by atoms with E-state index in [-0.39, 0.29) is 21.1 Å². The SMILES string of the molecule is CC(C)(C)OC(=O)N1CCN(c2ncnc3ccc(-c4cnc(Cl)c(NS(=O)(=O)c5ccc(Cl)s5)c4)cc23)CC1. The van der Waals surface area contributed by atoms with E-state index in [2.05, 4.69) is 24.6 Å². The molecule has 0 radical (unpaired) electrons. The zero-order valence-corrected chi connectivity index (χ0v) is 25.0. The molecule has 1 fully saturated rings. The van der Waals surface area contributed by atoms with Gasteiger partial charge in [-0.2, -0.15) is 0 Å². The van der Waals surface area contributed by atoms with Crippen molar-refractivity contribution in [2.45, 2.75) is 30.6 Å². The maximum atomic E-state index is 12.8. The van der Waals surface area contributed by atoms with Gasteiger partial charge in [-0.1, -0.05) is 29.3 Å². The molecular weight excluding hydrogens is 595 g/mol. The highest BCUT2D eigenvalue weighted by Gasteiger charge is 2.27. The molecule has 1 amide bonds. The highest BCUT2D eigenvalue weighted by atomic mass is 35.5. The average molecular weight is 622 g/mol. The smallest absolute Gasteiger partial charge is 0.410 e. The summed E-state index contributed by atoms with van der Waals surface area (Å²) in [6.45, 7) is 7.70. The van der Waals surface area contributed by atoms with Crippen LogP contribution < -0.4 is 9.62 Å². The van der Waals surface area contributed by atoms with E-state index in [9.17, 15) is 13.2 Å². The second-order valence-corrected chi connectivity index (χ2v) is 14.1. The Morgan fingerprint density at radius 3 is 2.42 bits per heavy atom. The summed E-state index contributed by atoms with van der Waals surface area (Å²) in [6.07, 6.45) is 2.77. The molecular formula is C26H26Cl2N6O4S2. The lowest BCUT2D eigenvalue weighted by Gasteiger charge is -2.36. The molecule has 0 saturated carbocycles. The molecule has 10 nitrogen and oxygen atoms in total. The number of halogens is 2. The molecule has 210 valence electrons. The fraction of sp³-hybridized carbons (Fsp3) is 0.308. The number of sulfonamides is 1. The maximum absolute atomic E-state index is 12.8. The zero-order valence-electron chi connectivity index (χ0n) is 21.9. The average Bonchev–Trinajstić information content (AvgIpc) is 3.36. The lowest BCUT2D eigenvalue weighted by molar-refractivity contribution is 0.0240. The van der Waals surface area contributed by atoms with Crippen LogP contribution in [-0.4, -0.2) is 66.1 Å². The number of aromatic nitrogens is 3. The Kier molecular flexibility index (Phi) is 7.79. The van der Waals surface area contributed by atoms with E-state index >= 15 is 0 Å². The van der Waals surface area contributed by atoms with Crippen LogP contribution in [-0.2, 0) is 14.8 Å². The van der Waals surface area contributed by atoms with Gasteiger partial charge in [0.25, 0.3) is 10.0 Å². The van der Waals surface area contributed by atoms with Crippen LogP contribution in [0.4, 0.5) is 16.3 Å². The van der Waals surface area contributed by atoms with E-state index in [0.29, 0.717) is 36.1 Å². The van der Waals surface area contributed by atoms with Gasteiger partial charge in [0.2, 0.25) is 0 Å². The molecule has 0 aliphatic carbocycles. The Morgan fingerprint density at radius 2 is 1.75 bits per heavy atom. The van der Waals surface area contributed by atoms with Gasteiger partial charge in [0.15, 0.2) is 5.15 Å². The van der Waals surface area contributed by atoms with Crippen molar-refractivity contribution < 1.29 is 17.9 Å². The van der Waals surface area contributed by atoms with Crippen LogP contribution in [0.5, 0.6) is 0 Å². The Hall–Kier alpha value is -3.19. The molecule has 1 saturated heterocycles. The van der Waals surface area contributed by atoms with E-state index < -0.39 is 15.6 Å². The molecule has 1 aromatic carbocycles. The number of carbonyl (C=O) groups excluding carboxylic acids is 1. The number of rotatable bonds is 5. The number of amides is 1. The predicted molar refractivity (Wildman–Crippen MR) is 158 cm³/mol. The van der Waals surface area contributed by atoms with Crippen molar-refractivity contribution in [2.24, 2.45) is 0 Å².